The zero-order valence-electron chi connectivity index (χ0n) is 37.6. The number of carboxylic acid groups (broad SMARTS) is 2. The van der Waals surface area contributed by atoms with Crippen LogP contribution in [0.15, 0.2) is 72.8 Å². The molecule has 9 N–H and O–H groups in total. The summed E-state index contributed by atoms with van der Waals surface area (Å²) in [4.78, 5) is 78.2. The smallest absolute Gasteiger partial charge is 0.326 e. The molecule has 0 heterocycles. The van der Waals surface area contributed by atoms with Gasteiger partial charge in [-0.05, 0) is 79.4 Å². The van der Waals surface area contributed by atoms with Crippen LogP contribution in [0.25, 0.3) is 0 Å². The van der Waals surface area contributed by atoms with E-state index in [0.717, 1.165) is 25.7 Å². The summed E-state index contributed by atoms with van der Waals surface area (Å²) in [5.41, 5.74) is 0.975. The molecule has 0 aliphatic rings. The van der Waals surface area contributed by atoms with Crippen molar-refractivity contribution in [1.29, 1.82) is 0 Å². The summed E-state index contributed by atoms with van der Waals surface area (Å²) in [6.07, 6.45) is 12.2. The highest BCUT2D eigenvalue weighted by molar-refractivity contribution is 5.95. The van der Waals surface area contributed by atoms with Gasteiger partial charge in [-0.25, -0.2) is 4.79 Å². The van der Waals surface area contributed by atoms with Gasteiger partial charge in [0.15, 0.2) is 0 Å². The largest absolute Gasteiger partial charge is 0.508 e. The Bertz CT molecular complexity index is 1920. The molecule has 0 aliphatic carbocycles. The van der Waals surface area contributed by atoms with E-state index in [4.69, 9.17) is 4.74 Å². The van der Waals surface area contributed by atoms with E-state index in [-0.39, 0.29) is 30.8 Å². The number of amides is 4. The SMILES string of the molecule is CCCCCCCCCCCCCCCC(=O)N[C@H](C(=O)N[C@@H](Cc1ccc(O)cc1)C(=O)N[C@@H](CCC(=O)O)C(=O)N[C@@H](Cc1ccc(Oc2ccc(O)cc2)cc1)C(=O)O)[C@@H](C)O. The molecule has 0 bridgehead atoms. The first-order chi connectivity index (χ1) is 31.1. The minimum absolute atomic E-state index is 0.0593. The monoisotopic (exact) mass is 904 g/mol. The van der Waals surface area contributed by atoms with Gasteiger partial charge in [0.25, 0.3) is 0 Å². The number of carbonyl (C=O) groups excluding carboxylic acids is 4. The number of carbonyl (C=O) groups is 6. The van der Waals surface area contributed by atoms with Crippen LogP contribution >= 0.6 is 0 Å². The molecule has 3 rings (SSSR count). The third kappa shape index (κ3) is 21.4. The molecular weight excluding hydrogens is 837 g/mol. The van der Waals surface area contributed by atoms with Gasteiger partial charge >= 0.3 is 11.9 Å². The second-order valence-electron chi connectivity index (χ2n) is 16.5. The number of hydrogen-bond acceptors (Lipinski definition) is 10. The molecule has 4 amide bonds. The number of aliphatic carboxylic acids is 2. The minimum atomic E-state index is -1.56. The third-order valence-electron chi connectivity index (χ3n) is 10.9. The van der Waals surface area contributed by atoms with Gasteiger partial charge in [-0.15, -0.1) is 0 Å². The van der Waals surface area contributed by atoms with Crippen molar-refractivity contribution in [1.82, 2.24) is 21.3 Å². The van der Waals surface area contributed by atoms with Crippen LogP contribution < -0.4 is 26.0 Å². The van der Waals surface area contributed by atoms with Gasteiger partial charge in [0, 0.05) is 25.7 Å². The molecule has 0 aromatic heterocycles. The predicted molar refractivity (Wildman–Crippen MR) is 244 cm³/mol. The van der Waals surface area contributed by atoms with Gasteiger partial charge in [0.05, 0.1) is 6.10 Å². The standard InChI is InChI=1S/C49H68N4O12/c1-3-4-5-6-7-8-9-10-11-12-13-14-15-16-43(57)53-45(33(2)54)48(62)51-41(31-34-17-21-36(55)22-18-34)47(61)50-40(29-30-44(58)59)46(60)52-42(49(63)64)32-35-19-25-38(26-20-35)65-39-27-23-37(56)24-28-39/h17-28,33,40-42,45,54-56H,3-16,29-32H2,1-2H3,(H,50,61)(H,51,62)(H,52,60)(H,53,57)(H,58,59)(H,63,64)/t33-,40+,41+,42+,45+/m1/s1. The molecule has 0 spiro atoms. The zero-order valence-corrected chi connectivity index (χ0v) is 37.6. The van der Waals surface area contributed by atoms with Crippen molar-refractivity contribution in [3.8, 4) is 23.0 Å². The number of aromatic hydroxyl groups is 2. The molecule has 65 heavy (non-hydrogen) atoms. The van der Waals surface area contributed by atoms with Gasteiger partial charge in [-0.1, -0.05) is 108 Å². The third-order valence-corrected chi connectivity index (χ3v) is 10.9. The summed E-state index contributed by atoms with van der Waals surface area (Å²) in [5.74, 6) is -5.07. The first-order valence-electron chi connectivity index (χ1n) is 22.8. The van der Waals surface area contributed by atoms with Crippen molar-refractivity contribution in [3.63, 3.8) is 0 Å². The molecule has 0 radical (unpaired) electrons. The number of aliphatic hydroxyl groups excluding tert-OH is 1. The fourth-order valence-corrected chi connectivity index (χ4v) is 7.15. The number of unbranched alkanes of at least 4 members (excludes halogenated alkanes) is 12. The van der Waals surface area contributed by atoms with Gasteiger partial charge in [0.1, 0.15) is 47.2 Å². The lowest BCUT2D eigenvalue weighted by Crippen LogP contribution is -2.60. The second-order valence-corrected chi connectivity index (χ2v) is 16.5. The number of phenols is 2. The summed E-state index contributed by atoms with van der Waals surface area (Å²) in [5, 5.41) is 59.4. The van der Waals surface area contributed by atoms with Crippen molar-refractivity contribution in [3.05, 3.63) is 83.9 Å². The molecule has 5 atom stereocenters. The Morgan fingerprint density at radius 2 is 0.938 bits per heavy atom. The molecule has 0 saturated heterocycles. The van der Waals surface area contributed by atoms with Gasteiger partial charge in [-0.2, -0.15) is 0 Å². The predicted octanol–water partition coefficient (Wildman–Crippen LogP) is 6.43. The molecule has 16 heteroatoms. The first-order valence-corrected chi connectivity index (χ1v) is 22.8. The minimum Gasteiger partial charge on any atom is -0.508 e. The Hall–Kier alpha value is -6.16. The second kappa shape index (κ2) is 29.3. The van der Waals surface area contributed by atoms with Crippen LogP contribution in [0.2, 0.25) is 0 Å². The summed E-state index contributed by atoms with van der Waals surface area (Å²) in [6.45, 7) is 3.53. The maximum Gasteiger partial charge on any atom is 0.326 e. The topological polar surface area (TPSA) is 261 Å². The Balaban J connectivity index is 1.64. The van der Waals surface area contributed by atoms with Crippen LogP contribution in [0.5, 0.6) is 23.0 Å². The van der Waals surface area contributed by atoms with Crippen molar-refractivity contribution in [2.75, 3.05) is 0 Å². The molecule has 0 saturated carbocycles. The van der Waals surface area contributed by atoms with Crippen LogP contribution in [0.3, 0.4) is 0 Å². The maximum absolute atomic E-state index is 14.0. The first kappa shape index (κ1) is 53.2. The highest BCUT2D eigenvalue weighted by Gasteiger charge is 2.33. The summed E-state index contributed by atoms with van der Waals surface area (Å²) < 4.78 is 5.74. The van der Waals surface area contributed by atoms with E-state index in [1.807, 2.05) is 0 Å². The van der Waals surface area contributed by atoms with E-state index in [1.54, 1.807) is 36.4 Å². The lowest BCUT2D eigenvalue weighted by atomic mass is 10.0. The normalized spacial score (nSPS) is 13.3. The summed E-state index contributed by atoms with van der Waals surface area (Å²) >= 11 is 0. The summed E-state index contributed by atoms with van der Waals surface area (Å²) in [6, 6.07) is 12.2. The van der Waals surface area contributed by atoms with Crippen molar-refractivity contribution in [2.24, 2.45) is 0 Å². The van der Waals surface area contributed by atoms with E-state index >= 15 is 0 Å². The fraction of sp³-hybridized carbons (Fsp3) is 0.510. The Morgan fingerprint density at radius 1 is 0.523 bits per heavy atom. The Morgan fingerprint density at radius 3 is 1.43 bits per heavy atom. The Kier molecular flexibility index (Phi) is 24.0. The van der Waals surface area contributed by atoms with E-state index in [0.29, 0.717) is 29.0 Å². The number of nitrogens with one attached hydrogen (secondary N) is 4. The lowest BCUT2D eigenvalue weighted by Gasteiger charge is -2.27. The van der Waals surface area contributed by atoms with Crippen LogP contribution in [0.1, 0.15) is 128 Å². The number of ether oxygens (including phenoxy) is 1. The quantitative estimate of drug-likeness (QED) is 0.0307. The van der Waals surface area contributed by atoms with E-state index in [2.05, 4.69) is 28.2 Å². The molecule has 3 aromatic rings. The molecule has 0 aliphatic heterocycles. The van der Waals surface area contributed by atoms with Gasteiger partial charge in [0.2, 0.25) is 23.6 Å². The number of benzene rings is 3. The molecule has 0 unspecified atom stereocenters. The van der Waals surface area contributed by atoms with Crippen LogP contribution in [0.4, 0.5) is 0 Å². The number of carboxylic acids is 2. The van der Waals surface area contributed by atoms with E-state index in [9.17, 15) is 54.3 Å². The molecular formula is C49H68N4O12. The number of phenolic OH excluding ortho intramolecular Hbond substituents is 2. The zero-order chi connectivity index (χ0) is 47.6. The van der Waals surface area contributed by atoms with Crippen LogP contribution in [0, 0.1) is 0 Å². The lowest BCUT2D eigenvalue weighted by molar-refractivity contribution is -0.143. The van der Waals surface area contributed by atoms with Crippen molar-refractivity contribution >= 4 is 35.6 Å². The number of hydrogen-bond donors (Lipinski definition) is 9. The number of aliphatic hydroxyl groups is 1. The van der Waals surface area contributed by atoms with Crippen LogP contribution in [-0.4, -0.2) is 91.4 Å². The van der Waals surface area contributed by atoms with E-state index in [1.165, 1.54) is 94.7 Å². The van der Waals surface area contributed by atoms with Crippen molar-refractivity contribution < 1.29 is 59.0 Å². The van der Waals surface area contributed by atoms with Crippen LogP contribution in [-0.2, 0) is 41.6 Å². The summed E-state index contributed by atoms with van der Waals surface area (Å²) in [7, 11) is 0. The van der Waals surface area contributed by atoms with E-state index < -0.39 is 78.7 Å². The van der Waals surface area contributed by atoms with Crippen molar-refractivity contribution in [2.45, 2.75) is 160 Å². The number of rotatable bonds is 32. The molecule has 16 nitrogen and oxygen atoms in total. The van der Waals surface area contributed by atoms with Gasteiger partial charge in [-0.3, -0.25) is 24.0 Å². The van der Waals surface area contributed by atoms with Gasteiger partial charge < -0.3 is 51.5 Å². The average molecular weight is 905 g/mol. The highest BCUT2D eigenvalue weighted by atomic mass is 16.5. The highest BCUT2D eigenvalue weighted by Crippen LogP contribution is 2.24. The molecule has 356 valence electrons. The Labute approximate surface area is 381 Å². The maximum atomic E-state index is 14.0. The molecule has 3 aromatic carbocycles. The molecule has 0 fully saturated rings. The fourth-order valence-electron chi connectivity index (χ4n) is 7.15. The average Bonchev–Trinajstić information content (AvgIpc) is 3.27.